The minimum absolute atomic E-state index is 0.0722. The molecule has 8 nitrogen and oxygen atoms in total. The zero-order chi connectivity index (χ0) is 22.1. The number of rotatable bonds is 6. The number of benzene rings is 2. The van der Waals surface area contributed by atoms with Crippen molar-refractivity contribution < 1.29 is 24.2 Å². The first-order valence-electron chi connectivity index (χ1n) is 10.3. The van der Waals surface area contributed by atoms with Crippen molar-refractivity contribution in [3.63, 3.8) is 0 Å². The number of fused-ring (bicyclic) bond motifs is 3. The molecular formula is C23H25N3O5. The van der Waals surface area contributed by atoms with Gasteiger partial charge in [0.2, 0.25) is 11.9 Å². The highest BCUT2D eigenvalue weighted by molar-refractivity contribution is 6.08. The molecule has 0 spiro atoms. The molecule has 0 fully saturated rings. The standard InChI is InChI=1S/C23H25N3O5/c1-4-12-25-21(28)19(22(29)31-5-2)20(14-10-11-18(30-3)17(27)13-14)26-16-9-7-6-8-15(16)24-23(25)26/h6-11,13,19-20,27H,4-5,12H2,1-3H3. The smallest absolute Gasteiger partial charge is 0.321 e. The van der Waals surface area contributed by atoms with Crippen molar-refractivity contribution in [2.45, 2.75) is 26.3 Å². The number of imidazole rings is 1. The minimum atomic E-state index is -1.11. The number of hydrogen-bond acceptors (Lipinski definition) is 6. The molecule has 1 N–H and O–H groups in total. The second-order valence-electron chi connectivity index (χ2n) is 7.37. The monoisotopic (exact) mass is 423 g/mol. The quantitative estimate of drug-likeness (QED) is 0.483. The highest BCUT2D eigenvalue weighted by atomic mass is 16.5. The molecule has 0 saturated carbocycles. The topological polar surface area (TPSA) is 93.9 Å². The van der Waals surface area contributed by atoms with Gasteiger partial charge >= 0.3 is 5.97 Å². The lowest BCUT2D eigenvalue weighted by molar-refractivity contribution is -0.153. The summed E-state index contributed by atoms with van der Waals surface area (Å²) >= 11 is 0. The molecule has 1 aromatic heterocycles. The summed E-state index contributed by atoms with van der Waals surface area (Å²) in [5.41, 5.74) is 2.10. The number of nitrogens with zero attached hydrogens (tertiary/aromatic N) is 3. The zero-order valence-electron chi connectivity index (χ0n) is 17.7. The largest absolute Gasteiger partial charge is 0.504 e. The molecule has 0 bridgehead atoms. The number of para-hydroxylation sites is 2. The summed E-state index contributed by atoms with van der Waals surface area (Å²) in [5, 5.41) is 10.4. The lowest BCUT2D eigenvalue weighted by atomic mass is 9.89. The van der Waals surface area contributed by atoms with Crippen molar-refractivity contribution in [1.29, 1.82) is 0 Å². The van der Waals surface area contributed by atoms with Crippen LogP contribution in [0, 0.1) is 5.92 Å². The van der Waals surface area contributed by atoms with Crippen LogP contribution < -0.4 is 9.64 Å². The first-order valence-corrected chi connectivity index (χ1v) is 10.3. The first-order chi connectivity index (χ1) is 15.0. The predicted molar refractivity (Wildman–Crippen MR) is 115 cm³/mol. The highest BCUT2D eigenvalue weighted by Crippen LogP contribution is 2.43. The second kappa shape index (κ2) is 8.29. The summed E-state index contributed by atoms with van der Waals surface area (Å²) in [6.45, 7) is 4.27. The average Bonchev–Trinajstić information content (AvgIpc) is 3.14. The van der Waals surface area contributed by atoms with Gasteiger partial charge in [-0.15, -0.1) is 0 Å². The lowest BCUT2D eigenvalue weighted by Gasteiger charge is -2.37. The maximum absolute atomic E-state index is 13.5. The second-order valence-corrected chi connectivity index (χ2v) is 7.37. The Morgan fingerprint density at radius 1 is 1.19 bits per heavy atom. The van der Waals surface area contributed by atoms with E-state index in [4.69, 9.17) is 14.5 Å². The number of aromatic nitrogens is 2. The van der Waals surface area contributed by atoms with Crippen LogP contribution >= 0.6 is 0 Å². The van der Waals surface area contributed by atoms with Crippen molar-refractivity contribution in [1.82, 2.24) is 9.55 Å². The van der Waals surface area contributed by atoms with Crippen LogP contribution in [0.25, 0.3) is 11.0 Å². The van der Waals surface area contributed by atoms with Crippen LogP contribution in [0.5, 0.6) is 11.5 Å². The van der Waals surface area contributed by atoms with E-state index in [1.54, 1.807) is 24.0 Å². The van der Waals surface area contributed by atoms with Gasteiger partial charge in [0.25, 0.3) is 0 Å². The molecule has 2 unspecified atom stereocenters. The van der Waals surface area contributed by atoms with Gasteiger partial charge < -0.3 is 19.1 Å². The number of esters is 1. The molecule has 0 saturated heterocycles. The van der Waals surface area contributed by atoms with Crippen molar-refractivity contribution in [3.05, 3.63) is 48.0 Å². The summed E-state index contributed by atoms with van der Waals surface area (Å²) in [6.07, 6.45) is 0.707. The molecule has 0 aliphatic carbocycles. The molecule has 2 atom stereocenters. The fourth-order valence-corrected chi connectivity index (χ4v) is 4.18. The molecule has 1 aliphatic rings. The molecule has 162 valence electrons. The Hall–Kier alpha value is -3.55. The number of aromatic hydroxyl groups is 1. The number of amides is 1. The predicted octanol–water partition coefficient (Wildman–Crippen LogP) is 3.28. The summed E-state index contributed by atoms with van der Waals surface area (Å²) in [4.78, 5) is 32.8. The average molecular weight is 423 g/mol. The number of methoxy groups -OCH3 is 1. The van der Waals surface area contributed by atoms with Crippen LogP contribution in [0.1, 0.15) is 31.9 Å². The number of carbonyl (C=O) groups excluding carboxylic acids is 2. The first kappa shape index (κ1) is 20.7. The molecule has 3 aromatic rings. The summed E-state index contributed by atoms with van der Waals surface area (Å²) in [5.74, 6) is -1.35. The highest BCUT2D eigenvalue weighted by Gasteiger charge is 2.47. The van der Waals surface area contributed by atoms with E-state index >= 15 is 0 Å². The Labute approximate surface area is 180 Å². The Morgan fingerprint density at radius 2 is 1.97 bits per heavy atom. The van der Waals surface area contributed by atoms with E-state index in [0.717, 1.165) is 11.0 Å². The maximum atomic E-state index is 13.5. The molecule has 1 amide bonds. The van der Waals surface area contributed by atoms with E-state index in [9.17, 15) is 14.7 Å². The third kappa shape index (κ3) is 3.37. The number of phenolic OH excluding ortho intramolecular Hbond substituents is 1. The van der Waals surface area contributed by atoms with Gasteiger partial charge in [-0.05, 0) is 43.2 Å². The van der Waals surface area contributed by atoms with Gasteiger partial charge in [0.1, 0.15) is 0 Å². The molecular weight excluding hydrogens is 398 g/mol. The number of anilines is 1. The molecule has 2 aromatic carbocycles. The van der Waals surface area contributed by atoms with Gasteiger partial charge in [-0.1, -0.05) is 25.1 Å². The van der Waals surface area contributed by atoms with Crippen molar-refractivity contribution in [2.24, 2.45) is 5.92 Å². The third-order valence-corrected chi connectivity index (χ3v) is 5.48. The van der Waals surface area contributed by atoms with Gasteiger partial charge in [-0.3, -0.25) is 14.5 Å². The van der Waals surface area contributed by atoms with Crippen molar-refractivity contribution >= 4 is 28.9 Å². The lowest BCUT2D eigenvalue weighted by Crippen LogP contribution is -2.50. The van der Waals surface area contributed by atoms with Gasteiger partial charge in [0.15, 0.2) is 17.4 Å². The van der Waals surface area contributed by atoms with Crippen LogP contribution in [0.4, 0.5) is 5.95 Å². The Kier molecular flexibility index (Phi) is 5.54. The Bertz CT molecular complexity index is 1140. The normalized spacial score (nSPS) is 18.2. The van der Waals surface area contributed by atoms with Gasteiger partial charge in [0.05, 0.1) is 30.8 Å². The summed E-state index contributed by atoms with van der Waals surface area (Å²) in [6, 6.07) is 11.7. The van der Waals surface area contributed by atoms with Gasteiger partial charge in [-0.2, -0.15) is 0 Å². The van der Waals surface area contributed by atoms with Crippen LogP contribution in [-0.2, 0) is 14.3 Å². The van der Waals surface area contributed by atoms with E-state index < -0.39 is 17.9 Å². The van der Waals surface area contributed by atoms with Crippen LogP contribution in [0.3, 0.4) is 0 Å². The van der Waals surface area contributed by atoms with Crippen LogP contribution in [-0.4, -0.2) is 46.8 Å². The van der Waals surface area contributed by atoms with Crippen LogP contribution in [0.15, 0.2) is 42.5 Å². The van der Waals surface area contributed by atoms with E-state index in [-0.39, 0.29) is 18.3 Å². The Morgan fingerprint density at radius 3 is 2.65 bits per heavy atom. The fraction of sp³-hybridized carbons (Fsp3) is 0.348. The van der Waals surface area contributed by atoms with Crippen molar-refractivity contribution in [2.75, 3.05) is 25.2 Å². The maximum Gasteiger partial charge on any atom is 0.321 e. The summed E-state index contributed by atoms with van der Waals surface area (Å²) < 4.78 is 12.4. The minimum Gasteiger partial charge on any atom is -0.504 e. The van der Waals surface area contributed by atoms with Gasteiger partial charge in [-0.25, -0.2) is 4.98 Å². The zero-order valence-corrected chi connectivity index (χ0v) is 17.7. The molecule has 0 radical (unpaired) electrons. The molecule has 31 heavy (non-hydrogen) atoms. The number of hydrogen-bond donors (Lipinski definition) is 1. The Balaban J connectivity index is 2.00. The SMILES string of the molecule is CCCN1C(=O)C(C(=O)OCC)C(c2ccc(OC)c(O)c2)n2c1nc1ccccc12. The van der Waals surface area contributed by atoms with E-state index in [1.807, 2.05) is 35.8 Å². The third-order valence-electron chi connectivity index (χ3n) is 5.48. The number of carbonyl (C=O) groups is 2. The molecule has 8 heteroatoms. The summed E-state index contributed by atoms with van der Waals surface area (Å²) in [7, 11) is 1.46. The van der Waals surface area contributed by atoms with E-state index in [1.165, 1.54) is 13.2 Å². The molecule has 1 aliphatic heterocycles. The fourth-order valence-electron chi connectivity index (χ4n) is 4.18. The molecule has 4 rings (SSSR count). The molecule has 2 heterocycles. The van der Waals surface area contributed by atoms with Gasteiger partial charge in [0, 0.05) is 6.54 Å². The number of phenols is 1. The number of ether oxygens (including phenoxy) is 2. The van der Waals surface area contributed by atoms with E-state index in [0.29, 0.717) is 30.2 Å². The van der Waals surface area contributed by atoms with Crippen molar-refractivity contribution in [3.8, 4) is 11.5 Å². The van der Waals surface area contributed by atoms with Crippen LogP contribution in [0.2, 0.25) is 0 Å². The van der Waals surface area contributed by atoms with E-state index in [2.05, 4.69) is 0 Å².